The third-order valence-corrected chi connectivity index (χ3v) is 3.96. The molecule has 1 aliphatic carbocycles. The average Bonchev–Trinajstić information content (AvgIpc) is 3.06. The molecule has 0 atom stereocenters. The summed E-state index contributed by atoms with van der Waals surface area (Å²) in [6, 6.07) is 12.1. The van der Waals surface area contributed by atoms with Crippen molar-refractivity contribution >= 4 is 11.5 Å². The Bertz CT molecular complexity index is 686. The Kier molecular flexibility index (Phi) is 4.37. The summed E-state index contributed by atoms with van der Waals surface area (Å²) in [5, 5.41) is 7.48. The van der Waals surface area contributed by atoms with E-state index in [0.717, 1.165) is 53.8 Å². The first-order valence-corrected chi connectivity index (χ1v) is 7.80. The normalized spacial score (nSPS) is 15.0. The molecular weight excluding hydrogens is 276 g/mol. The number of esters is 1. The highest BCUT2D eigenvalue weighted by Crippen LogP contribution is 2.33. The predicted octanol–water partition coefficient (Wildman–Crippen LogP) is 3.97. The van der Waals surface area contributed by atoms with Crippen LogP contribution >= 0.6 is 0 Å². The van der Waals surface area contributed by atoms with Gasteiger partial charge in [0.2, 0.25) is 0 Å². The van der Waals surface area contributed by atoms with Crippen molar-refractivity contribution in [1.82, 2.24) is 10.2 Å². The van der Waals surface area contributed by atoms with Gasteiger partial charge in [0.25, 0.3) is 0 Å². The van der Waals surface area contributed by atoms with E-state index < -0.39 is 0 Å². The van der Waals surface area contributed by atoms with Gasteiger partial charge in [-0.1, -0.05) is 30.3 Å². The van der Waals surface area contributed by atoms with E-state index >= 15 is 0 Å². The molecule has 0 saturated carbocycles. The van der Waals surface area contributed by atoms with Crippen molar-refractivity contribution in [2.45, 2.75) is 32.6 Å². The molecule has 0 bridgehead atoms. The van der Waals surface area contributed by atoms with Crippen molar-refractivity contribution in [3.8, 4) is 11.3 Å². The number of allylic oxidation sites excluding steroid dienone is 1. The third-order valence-electron chi connectivity index (χ3n) is 3.96. The van der Waals surface area contributed by atoms with E-state index in [1.807, 2.05) is 43.3 Å². The molecule has 4 nitrogen and oxygen atoms in total. The van der Waals surface area contributed by atoms with E-state index in [1.54, 1.807) is 0 Å². The lowest BCUT2D eigenvalue weighted by Crippen LogP contribution is -2.13. The van der Waals surface area contributed by atoms with Gasteiger partial charge in [0.05, 0.1) is 18.0 Å². The largest absolute Gasteiger partial charge is 0.463 e. The van der Waals surface area contributed by atoms with Gasteiger partial charge in [0, 0.05) is 11.1 Å². The van der Waals surface area contributed by atoms with Crippen LogP contribution in [0.2, 0.25) is 0 Å². The fourth-order valence-electron chi connectivity index (χ4n) is 2.88. The van der Waals surface area contributed by atoms with Crippen LogP contribution in [-0.4, -0.2) is 22.8 Å². The molecule has 0 spiro atoms. The van der Waals surface area contributed by atoms with E-state index in [9.17, 15) is 4.79 Å². The smallest absolute Gasteiger partial charge is 0.334 e. The monoisotopic (exact) mass is 296 g/mol. The van der Waals surface area contributed by atoms with Gasteiger partial charge in [-0.25, -0.2) is 4.79 Å². The minimum Gasteiger partial charge on any atom is -0.463 e. The molecule has 1 heterocycles. The second kappa shape index (κ2) is 6.60. The molecule has 22 heavy (non-hydrogen) atoms. The van der Waals surface area contributed by atoms with E-state index in [2.05, 4.69) is 10.2 Å². The highest BCUT2D eigenvalue weighted by atomic mass is 16.5. The zero-order chi connectivity index (χ0) is 15.4. The maximum absolute atomic E-state index is 12.1. The van der Waals surface area contributed by atoms with Crippen molar-refractivity contribution in [2.75, 3.05) is 6.61 Å². The molecule has 0 radical (unpaired) electrons. The Morgan fingerprint density at radius 2 is 2.00 bits per heavy atom. The molecule has 1 aromatic carbocycles. The van der Waals surface area contributed by atoms with Gasteiger partial charge >= 0.3 is 5.97 Å². The van der Waals surface area contributed by atoms with Crippen LogP contribution in [0.5, 0.6) is 0 Å². The molecule has 0 saturated heterocycles. The Labute approximate surface area is 130 Å². The number of aromatic nitrogens is 2. The molecule has 1 aliphatic rings. The molecule has 0 aliphatic heterocycles. The van der Waals surface area contributed by atoms with Crippen molar-refractivity contribution in [3.63, 3.8) is 0 Å². The maximum atomic E-state index is 12.1. The summed E-state index contributed by atoms with van der Waals surface area (Å²) < 4.78 is 5.19. The highest BCUT2D eigenvalue weighted by molar-refractivity contribution is 5.97. The number of nitrogens with zero attached hydrogens (tertiary/aromatic N) is 1. The first kappa shape index (κ1) is 14.6. The number of carbonyl (C=O) groups excluding carboxylic acids is 1. The van der Waals surface area contributed by atoms with Gasteiger partial charge in [-0.3, -0.25) is 5.10 Å². The summed E-state index contributed by atoms with van der Waals surface area (Å²) in [5.74, 6) is -0.187. The molecule has 0 amide bonds. The fraction of sp³-hybridized carbons (Fsp3) is 0.333. The number of nitrogens with one attached hydrogen (secondary N) is 1. The lowest BCUT2D eigenvalue weighted by Gasteiger charge is -2.18. The summed E-state index contributed by atoms with van der Waals surface area (Å²) in [5.41, 5.74) is 4.76. The standard InChI is InChI=1S/C18H20N2O2/c1-2-22-18(21)15-11-7-6-10-14(15)17-12-16(19-20-17)13-8-4-3-5-9-13/h3-5,8-9,12H,2,6-7,10-11H2,1H3,(H,19,20). The lowest BCUT2D eigenvalue weighted by molar-refractivity contribution is -0.138. The molecule has 1 aromatic heterocycles. The van der Waals surface area contributed by atoms with Gasteiger partial charge in [-0.15, -0.1) is 0 Å². The first-order chi connectivity index (χ1) is 10.8. The number of H-pyrrole nitrogens is 1. The second-order valence-corrected chi connectivity index (χ2v) is 5.42. The summed E-state index contributed by atoms with van der Waals surface area (Å²) in [6.07, 6.45) is 3.81. The van der Waals surface area contributed by atoms with Crippen molar-refractivity contribution < 1.29 is 9.53 Å². The number of hydrogen-bond acceptors (Lipinski definition) is 3. The SMILES string of the molecule is CCOC(=O)C1=C(c2cc(-c3ccccc3)n[nH]2)CCCC1. The molecular formula is C18H20N2O2. The number of aromatic amines is 1. The van der Waals surface area contributed by atoms with Crippen LogP contribution in [-0.2, 0) is 9.53 Å². The van der Waals surface area contributed by atoms with Crippen LogP contribution in [0.3, 0.4) is 0 Å². The number of rotatable bonds is 4. The quantitative estimate of drug-likeness (QED) is 0.869. The molecule has 0 unspecified atom stereocenters. The predicted molar refractivity (Wildman–Crippen MR) is 86.0 cm³/mol. The Morgan fingerprint density at radius 1 is 1.23 bits per heavy atom. The first-order valence-electron chi connectivity index (χ1n) is 7.80. The van der Waals surface area contributed by atoms with Crippen LogP contribution in [0, 0.1) is 0 Å². The minimum atomic E-state index is -0.187. The topological polar surface area (TPSA) is 55.0 Å². The third kappa shape index (κ3) is 2.96. The molecule has 2 aromatic rings. The number of carbonyl (C=O) groups is 1. The van der Waals surface area contributed by atoms with Gasteiger partial charge in [0.1, 0.15) is 0 Å². The van der Waals surface area contributed by atoms with Crippen molar-refractivity contribution in [2.24, 2.45) is 0 Å². The van der Waals surface area contributed by atoms with Crippen molar-refractivity contribution in [3.05, 3.63) is 47.7 Å². The average molecular weight is 296 g/mol. The Balaban J connectivity index is 1.95. The van der Waals surface area contributed by atoms with Crippen LogP contribution in [0.25, 0.3) is 16.8 Å². The van der Waals surface area contributed by atoms with Crippen molar-refractivity contribution in [1.29, 1.82) is 0 Å². The molecule has 4 heteroatoms. The molecule has 1 N–H and O–H groups in total. The minimum absolute atomic E-state index is 0.187. The van der Waals surface area contributed by atoms with Gasteiger partial charge < -0.3 is 4.74 Å². The van der Waals surface area contributed by atoms with Gasteiger partial charge in [-0.05, 0) is 44.2 Å². The Hall–Kier alpha value is -2.36. The zero-order valence-electron chi connectivity index (χ0n) is 12.8. The lowest BCUT2D eigenvalue weighted by atomic mass is 9.89. The number of ether oxygens (including phenoxy) is 1. The number of benzene rings is 1. The fourth-order valence-corrected chi connectivity index (χ4v) is 2.88. The summed E-state index contributed by atoms with van der Waals surface area (Å²) in [7, 11) is 0. The van der Waals surface area contributed by atoms with Crippen LogP contribution in [0.4, 0.5) is 0 Å². The summed E-state index contributed by atoms with van der Waals surface area (Å²) in [4.78, 5) is 12.1. The summed E-state index contributed by atoms with van der Waals surface area (Å²) >= 11 is 0. The van der Waals surface area contributed by atoms with E-state index in [-0.39, 0.29) is 5.97 Å². The van der Waals surface area contributed by atoms with Crippen LogP contribution in [0.15, 0.2) is 42.0 Å². The molecule has 0 fully saturated rings. The Morgan fingerprint density at radius 3 is 2.77 bits per heavy atom. The molecule has 3 rings (SSSR count). The van der Waals surface area contributed by atoms with E-state index in [1.165, 1.54) is 0 Å². The van der Waals surface area contributed by atoms with Gasteiger partial charge in [-0.2, -0.15) is 5.10 Å². The summed E-state index contributed by atoms with van der Waals surface area (Å²) in [6.45, 7) is 2.25. The second-order valence-electron chi connectivity index (χ2n) is 5.42. The highest BCUT2D eigenvalue weighted by Gasteiger charge is 2.22. The van der Waals surface area contributed by atoms with E-state index in [4.69, 9.17) is 4.74 Å². The van der Waals surface area contributed by atoms with Crippen LogP contribution < -0.4 is 0 Å². The van der Waals surface area contributed by atoms with Crippen LogP contribution in [0.1, 0.15) is 38.3 Å². The van der Waals surface area contributed by atoms with E-state index in [0.29, 0.717) is 6.61 Å². The molecule has 114 valence electrons. The number of hydrogen-bond donors (Lipinski definition) is 1. The maximum Gasteiger partial charge on any atom is 0.334 e. The van der Waals surface area contributed by atoms with Gasteiger partial charge in [0.15, 0.2) is 0 Å². The zero-order valence-corrected chi connectivity index (χ0v) is 12.8.